The van der Waals surface area contributed by atoms with Gasteiger partial charge in [0.1, 0.15) is 12.1 Å². The lowest BCUT2D eigenvalue weighted by Gasteiger charge is -2.08. The van der Waals surface area contributed by atoms with E-state index in [4.69, 9.17) is 0 Å². The third-order valence-corrected chi connectivity index (χ3v) is 3.54. The fraction of sp³-hybridized carbons (Fsp3) is 0.0625. The summed E-state index contributed by atoms with van der Waals surface area (Å²) in [5.41, 5.74) is -0.142. The number of hydrogen-bond acceptors (Lipinski definition) is 4. The van der Waals surface area contributed by atoms with Crippen molar-refractivity contribution in [1.82, 2.24) is 9.55 Å². The van der Waals surface area contributed by atoms with Gasteiger partial charge in [-0.1, -0.05) is 0 Å². The Kier molecular flexibility index (Phi) is 3.53. The van der Waals surface area contributed by atoms with E-state index in [0.717, 1.165) is 10.6 Å². The first-order chi connectivity index (χ1) is 11.0. The maximum Gasteiger partial charge on any atom is 0.333 e. The van der Waals surface area contributed by atoms with Gasteiger partial charge >= 0.3 is 5.69 Å². The lowest BCUT2D eigenvalue weighted by molar-refractivity contribution is 0.112. The predicted octanol–water partition coefficient (Wildman–Crippen LogP) is 1.67. The van der Waals surface area contributed by atoms with Crippen molar-refractivity contribution in [2.24, 2.45) is 0 Å². The largest absolute Gasteiger partial charge is 0.386 e. The van der Waals surface area contributed by atoms with Gasteiger partial charge in [0.25, 0.3) is 5.56 Å². The van der Waals surface area contributed by atoms with Crippen LogP contribution in [0.4, 0.5) is 10.1 Å². The van der Waals surface area contributed by atoms with Gasteiger partial charge in [-0.15, -0.1) is 0 Å². The number of benzene rings is 2. The van der Waals surface area contributed by atoms with E-state index in [-0.39, 0.29) is 16.6 Å². The molecule has 0 spiro atoms. The maximum atomic E-state index is 13.9. The van der Waals surface area contributed by atoms with Crippen LogP contribution in [0.1, 0.15) is 10.4 Å². The van der Waals surface area contributed by atoms with E-state index in [2.05, 4.69) is 10.3 Å². The van der Waals surface area contributed by atoms with Gasteiger partial charge in [-0.05, 0) is 36.4 Å². The molecule has 2 N–H and O–H groups in total. The monoisotopic (exact) mass is 313 g/mol. The van der Waals surface area contributed by atoms with Crippen molar-refractivity contribution in [3.8, 4) is 5.69 Å². The third-order valence-electron chi connectivity index (χ3n) is 3.54. The fourth-order valence-electron chi connectivity index (χ4n) is 2.37. The van der Waals surface area contributed by atoms with Crippen LogP contribution in [0.15, 0.2) is 46.0 Å². The quantitative estimate of drug-likeness (QED) is 0.721. The second-order valence-electron chi connectivity index (χ2n) is 4.91. The second kappa shape index (κ2) is 5.53. The van der Waals surface area contributed by atoms with E-state index < -0.39 is 17.1 Å². The number of aromatic amines is 1. The van der Waals surface area contributed by atoms with Gasteiger partial charge in [-0.2, -0.15) is 0 Å². The van der Waals surface area contributed by atoms with Crippen LogP contribution in [0.2, 0.25) is 0 Å². The molecule has 0 unspecified atom stereocenters. The minimum Gasteiger partial charge on any atom is -0.386 e. The van der Waals surface area contributed by atoms with E-state index in [9.17, 15) is 18.8 Å². The molecule has 116 valence electrons. The number of carbonyl (C=O) groups is 1. The first-order valence-corrected chi connectivity index (χ1v) is 6.77. The van der Waals surface area contributed by atoms with Crippen LogP contribution < -0.4 is 16.6 Å². The third kappa shape index (κ3) is 2.42. The van der Waals surface area contributed by atoms with Gasteiger partial charge in [0.05, 0.1) is 22.3 Å². The molecule has 0 fully saturated rings. The molecule has 1 aromatic heterocycles. The molecule has 3 aromatic rings. The zero-order valence-corrected chi connectivity index (χ0v) is 12.1. The molecule has 0 radical (unpaired) electrons. The summed E-state index contributed by atoms with van der Waals surface area (Å²) in [5.74, 6) is -0.591. The Balaban J connectivity index is 2.31. The van der Waals surface area contributed by atoms with Crippen molar-refractivity contribution < 1.29 is 9.18 Å². The lowest BCUT2D eigenvalue weighted by Crippen LogP contribution is -2.33. The molecule has 23 heavy (non-hydrogen) atoms. The van der Waals surface area contributed by atoms with Crippen molar-refractivity contribution in [2.75, 3.05) is 12.4 Å². The SMILES string of the molecule is CNc1cc2[nH]c(=O)n(-c3ccc(C=O)cc3)c(=O)c2cc1F. The topological polar surface area (TPSA) is 84.0 Å². The molecule has 1 heterocycles. The number of aldehydes is 1. The van der Waals surface area contributed by atoms with Crippen LogP contribution in [0.5, 0.6) is 0 Å². The number of anilines is 1. The number of aromatic nitrogens is 2. The summed E-state index contributed by atoms with van der Waals surface area (Å²) in [7, 11) is 1.54. The van der Waals surface area contributed by atoms with E-state index in [1.807, 2.05) is 0 Å². The molecule has 7 heteroatoms. The number of nitrogens with one attached hydrogen (secondary N) is 2. The molecule has 0 atom stereocenters. The van der Waals surface area contributed by atoms with Crippen molar-refractivity contribution in [3.63, 3.8) is 0 Å². The Morgan fingerprint density at radius 3 is 2.48 bits per heavy atom. The summed E-state index contributed by atoms with van der Waals surface area (Å²) in [5, 5.41) is 2.70. The Hall–Kier alpha value is -3.22. The van der Waals surface area contributed by atoms with Gasteiger partial charge in [0.15, 0.2) is 0 Å². The van der Waals surface area contributed by atoms with Crippen molar-refractivity contribution in [3.05, 3.63) is 68.6 Å². The number of rotatable bonds is 3. The average Bonchev–Trinajstić information content (AvgIpc) is 2.56. The highest BCUT2D eigenvalue weighted by atomic mass is 19.1. The molecule has 0 saturated carbocycles. The summed E-state index contributed by atoms with van der Waals surface area (Å²) in [6, 6.07) is 8.38. The number of nitrogens with zero attached hydrogens (tertiary/aromatic N) is 1. The van der Waals surface area contributed by atoms with E-state index in [0.29, 0.717) is 17.5 Å². The standard InChI is InChI=1S/C16H12FN3O3/c1-18-14-7-13-11(6-12(14)17)15(22)20(16(23)19-13)10-4-2-9(8-21)3-5-10/h2-8,18H,1H3,(H,19,23). The number of fused-ring (bicyclic) bond motifs is 1. The van der Waals surface area contributed by atoms with Crippen LogP contribution in [0.3, 0.4) is 0 Å². The van der Waals surface area contributed by atoms with Gasteiger partial charge in [0, 0.05) is 12.6 Å². The molecule has 0 aliphatic carbocycles. The fourth-order valence-corrected chi connectivity index (χ4v) is 2.37. The van der Waals surface area contributed by atoms with Crippen molar-refractivity contribution in [1.29, 1.82) is 0 Å². The van der Waals surface area contributed by atoms with E-state index in [1.54, 1.807) is 0 Å². The minimum atomic E-state index is -0.644. The van der Waals surface area contributed by atoms with Crippen molar-refractivity contribution in [2.45, 2.75) is 0 Å². The summed E-state index contributed by atoms with van der Waals surface area (Å²) in [6.45, 7) is 0. The molecule has 6 nitrogen and oxygen atoms in total. The normalized spacial score (nSPS) is 10.7. The number of hydrogen-bond donors (Lipinski definition) is 2. The molecule has 2 aromatic carbocycles. The molecule has 0 amide bonds. The Bertz CT molecular complexity index is 1020. The molecule has 0 saturated heterocycles. The van der Waals surface area contributed by atoms with Crippen molar-refractivity contribution >= 4 is 22.9 Å². The van der Waals surface area contributed by atoms with Crippen LogP contribution in [0.25, 0.3) is 16.6 Å². The van der Waals surface area contributed by atoms with Crippen LogP contribution in [-0.4, -0.2) is 22.9 Å². The van der Waals surface area contributed by atoms with Crippen LogP contribution in [0, 0.1) is 5.82 Å². The first kappa shape index (κ1) is 14.7. The Morgan fingerprint density at radius 2 is 1.87 bits per heavy atom. The predicted molar refractivity (Wildman–Crippen MR) is 85.1 cm³/mol. The van der Waals surface area contributed by atoms with E-state index >= 15 is 0 Å². The highest BCUT2D eigenvalue weighted by Crippen LogP contribution is 2.18. The first-order valence-electron chi connectivity index (χ1n) is 6.77. The number of H-pyrrole nitrogens is 1. The summed E-state index contributed by atoms with van der Waals surface area (Å²) in [4.78, 5) is 38.0. The van der Waals surface area contributed by atoms with E-state index in [1.165, 1.54) is 37.4 Å². The molecule has 0 bridgehead atoms. The molecule has 0 aliphatic heterocycles. The molecule has 0 aliphatic rings. The highest BCUT2D eigenvalue weighted by molar-refractivity contribution is 5.82. The minimum absolute atomic E-state index is 0.0561. The molecule has 3 rings (SSSR count). The zero-order chi connectivity index (χ0) is 16.6. The summed E-state index contributed by atoms with van der Waals surface area (Å²) >= 11 is 0. The Morgan fingerprint density at radius 1 is 1.17 bits per heavy atom. The highest BCUT2D eigenvalue weighted by Gasteiger charge is 2.12. The summed E-state index contributed by atoms with van der Waals surface area (Å²) < 4.78 is 14.8. The zero-order valence-electron chi connectivity index (χ0n) is 12.1. The van der Waals surface area contributed by atoms with Gasteiger partial charge in [-0.25, -0.2) is 13.8 Å². The number of halogens is 1. The van der Waals surface area contributed by atoms with Gasteiger partial charge < -0.3 is 10.3 Å². The van der Waals surface area contributed by atoms with Gasteiger partial charge in [-0.3, -0.25) is 9.59 Å². The van der Waals surface area contributed by atoms with Crippen LogP contribution in [-0.2, 0) is 0 Å². The Labute approximate surface area is 129 Å². The average molecular weight is 313 g/mol. The number of carbonyl (C=O) groups excluding carboxylic acids is 1. The van der Waals surface area contributed by atoms with Crippen LogP contribution >= 0.6 is 0 Å². The maximum absolute atomic E-state index is 13.9. The lowest BCUT2D eigenvalue weighted by atomic mass is 10.2. The smallest absolute Gasteiger partial charge is 0.333 e. The molecular weight excluding hydrogens is 301 g/mol. The summed E-state index contributed by atoms with van der Waals surface area (Å²) in [6.07, 6.45) is 0.659. The van der Waals surface area contributed by atoms with Gasteiger partial charge in [0.2, 0.25) is 0 Å². The second-order valence-corrected chi connectivity index (χ2v) is 4.91. The molecular formula is C16H12FN3O3.